The fourth-order valence-electron chi connectivity index (χ4n) is 0.806. The summed E-state index contributed by atoms with van der Waals surface area (Å²) in [7, 11) is 0. The van der Waals surface area contributed by atoms with Crippen molar-refractivity contribution in [2.24, 2.45) is 0 Å². The maximum Gasteiger partial charge on any atom is 0.290 e. The van der Waals surface area contributed by atoms with Gasteiger partial charge in [0.25, 0.3) is 5.69 Å². The Labute approximate surface area is 89.4 Å². The molecule has 0 radical (unpaired) electrons. The normalized spacial score (nSPS) is 10.2. The van der Waals surface area contributed by atoms with Crippen molar-refractivity contribution in [3.63, 3.8) is 0 Å². The minimum Gasteiger partial charge on any atom is -0.258 e. The Morgan fingerprint density at radius 3 is 2.31 bits per heavy atom. The molecule has 0 aromatic heterocycles. The smallest absolute Gasteiger partial charge is 0.258 e. The zero-order valence-electron chi connectivity index (χ0n) is 6.47. The van der Waals surface area contributed by atoms with E-state index in [-0.39, 0.29) is 20.8 Å². The number of rotatable bonds is 1. The highest BCUT2D eigenvalue weighted by Crippen LogP contribution is 2.38. The van der Waals surface area contributed by atoms with Gasteiger partial charge in [0.05, 0.1) is 15.0 Å². The summed E-state index contributed by atoms with van der Waals surface area (Å²) in [5.41, 5.74) is 0.265. The first-order valence-electron chi connectivity index (χ1n) is 3.23. The van der Waals surface area contributed by atoms with Crippen molar-refractivity contribution in [1.29, 1.82) is 0 Å². The van der Waals surface area contributed by atoms with Gasteiger partial charge in [-0.3, -0.25) is 10.1 Å². The van der Waals surface area contributed by atoms with E-state index >= 15 is 0 Å². The van der Waals surface area contributed by atoms with E-state index in [1.807, 2.05) is 0 Å². The molecule has 0 aliphatic rings. The molecule has 1 aromatic rings. The third-order valence-electron chi connectivity index (χ3n) is 1.57. The summed E-state index contributed by atoms with van der Waals surface area (Å²) in [6.45, 7) is 1.64. The molecule has 13 heavy (non-hydrogen) atoms. The molecule has 0 N–H and O–H groups in total. The van der Waals surface area contributed by atoms with Crippen LogP contribution in [0.15, 0.2) is 6.07 Å². The lowest BCUT2D eigenvalue weighted by Gasteiger charge is -2.03. The van der Waals surface area contributed by atoms with Gasteiger partial charge in [0.2, 0.25) is 0 Å². The molecule has 6 heteroatoms. The Morgan fingerprint density at radius 2 is 1.85 bits per heavy atom. The molecule has 0 aliphatic carbocycles. The maximum atomic E-state index is 10.4. The number of hydrogen-bond donors (Lipinski definition) is 0. The van der Waals surface area contributed by atoms with Crippen LogP contribution in [-0.2, 0) is 0 Å². The Balaban J connectivity index is 3.50. The second-order valence-electron chi connectivity index (χ2n) is 2.39. The van der Waals surface area contributed by atoms with Crippen molar-refractivity contribution in [3.05, 3.63) is 36.8 Å². The molecule has 3 nitrogen and oxygen atoms in total. The average molecular weight is 240 g/mol. The van der Waals surface area contributed by atoms with Gasteiger partial charge in [-0.05, 0) is 12.5 Å². The second-order valence-corrected chi connectivity index (χ2v) is 3.55. The SMILES string of the molecule is Cc1c(Cl)cc([N+](=O)[O-])c(Cl)c1Cl. The van der Waals surface area contributed by atoms with E-state index in [1.54, 1.807) is 6.92 Å². The van der Waals surface area contributed by atoms with Crippen LogP contribution in [0.1, 0.15) is 5.56 Å². The molecular weight excluding hydrogens is 236 g/mol. The van der Waals surface area contributed by atoms with E-state index < -0.39 is 4.92 Å². The molecular formula is C7H4Cl3NO2. The van der Waals surface area contributed by atoms with Crippen molar-refractivity contribution in [3.8, 4) is 0 Å². The van der Waals surface area contributed by atoms with Crippen molar-refractivity contribution in [2.75, 3.05) is 0 Å². The van der Waals surface area contributed by atoms with Crippen LogP contribution in [0.25, 0.3) is 0 Å². The van der Waals surface area contributed by atoms with Crippen LogP contribution in [-0.4, -0.2) is 4.92 Å². The van der Waals surface area contributed by atoms with E-state index in [1.165, 1.54) is 6.07 Å². The summed E-state index contributed by atoms with van der Waals surface area (Å²) in [5.74, 6) is 0. The van der Waals surface area contributed by atoms with E-state index in [4.69, 9.17) is 34.8 Å². The first-order chi connectivity index (χ1) is 5.95. The molecule has 0 heterocycles. The predicted octanol–water partition coefficient (Wildman–Crippen LogP) is 3.86. The van der Waals surface area contributed by atoms with Crippen LogP contribution in [0.5, 0.6) is 0 Å². The van der Waals surface area contributed by atoms with Crippen molar-refractivity contribution in [2.45, 2.75) is 6.92 Å². The van der Waals surface area contributed by atoms with Gasteiger partial charge in [-0.2, -0.15) is 0 Å². The highest BCUT2D eigenvalue weighted by atomic mass is 35.5. The fraction of sp³-hybridized carbons (Fsp3) is 0.143. The van der Waals surface area contributed by atoms with Crippen LogP contribution in [0.4, 0.5) is 5.69 Å². The lowest BCUT2D eigenvalue weighted by molar-refractivity contribution is -0.384. The van der Waals surface area contributed by atoms with Crippen molar-refractivity contribution in [1.82, 2.24) is 0 Å². The average Bonchev–Trinajstić information content (AvgIpc) is 2.07. The quantitative estimate of drug-likeness (QED) is 0.425. The first-order valence-corrected chi connectivity index (χ1v) is 4.37. The molecule has 0 atom stereocenters. The van der Waals surface area contributed by atoms with Gasteiger partial charge in [0.1, 0.15) is 5.02 Å². The minimum atomic E-state index is -0.625. The molecule has 0 aliphatic heterocycles. The van der Waals surface area contributed by atoms with Crippen LogP contribution < -0.4 is 0 Å². The highest BCUT2D eigenvalue weighted by Gasteiger charge is 2.19. The molecule has 0 saturated heterocycles. The zero-order chi connectivity index (χ0) is 10.2. The topological polar surface area (TPSA) is 43.1 Å². The van der Waals surface area contributed by atoms with Crippen LogP contribution in [0.3, 0.4) is 0 Å². The molecule has 0 amide bonds. The third kappa shape index (κ3) is 1.88. The van der Waals surface area contributed by atoms with Gasteiger partial charge in [-0.15, -0.1) is 0 Å². The van der Waals surface area contributed by atoms with Gasteiger partial charge in [-0.1, -0.05) is 34.8 Å². The third-order valence-corrected chi connectivity index (χ3v) is 2.91. The number of nitro benzene ring substituents is 1. The van der Waals surface area contributed by atoms with Gasteiger partial charge < -0.3 is 0 Å². The number of nitrogens with zero attached hydrogens (tertiary/aromatic N) is 1. The van der Waals surface area contributed by atoms with Gasteiger partial charge >= 0.3 is 0 Å². The minimum absolute atomic E-state index is 0.0754. The molecule has 0 saturated carbocycles. The van der Waals surface area contributed by atoms with Gasteiger partial charge in [0.15, 0.2) is 0 Å². The fourth-order valence-corrected chi connectivity index (χ4v) is 1.52. The van der Waals surface area contributed by atoms with Crippen molar-refractivity contribution < 1.29 is 4.92 Å². The van der Waals surface area contributed by atoms with Gasteiger partial charge in [0, 0.05) is 6.07 Å². The lowest BCUT2D eigenvalue weighted by atomic mass is 10.2. The maximum absolute atomic E-state index is 10.4. The van der Waals surface area contributed by atoms with Crippen LogP contribution in [0.2, 0.25) is 15.1 Å². The van der Waals surface area contributed by atoms with E-state index in [2.05, 4.69) is 0 Å². The number of nitro groups is 1. The summed E-state index contributed by atoms with van der Waals surface area (Å²) in [4.78, 5) is 9.82. The molecule has 1 rings (SSSR count). The van der Waals surface area contributed by atoms with E-state index in [9.17, 15) is 10.1 Å². The summed E-state index contributed by atoms with van der Waals surface area (Å²) in [5, 5.41) is 10.7. The number of benzene rings is 1. The standard InChI is InChI=1S/C7H4Cl3NO2/c1-3-4(8)2-5(11(12)13)7(10)6(3)9/h2H,1H3. The van der Waals surface area contributed by atoms with Crippen molar-refractivity contribution >= 4 is 40.5 Å². The predicted molar refractivity (Wildman–Crippen MR) is 52.9 cm³/mol. The highest BCUT2D eigenvalue weighted by molar-refractivity contribution is 6.45. The first kappa shape index (κ1) is 10.6. The monoisotopic (exact) mass is 239 g/mol. The van der Waals surface area contributed by atoms with E-state index in [0.29, 0.717) is 5.56 Å². The summed E-state index contributed by atoms with van der Waals surface area (Å²) in [6.07, 6.45) is 0. The van der Waals surface area contributed by atoms with Crippen LogP contribution >= 0.6 is 34.8 Å². The molecule has 0 spiro atoms. The molecule has 0 bridgehead atoms. The largest absolute Gasteiger partial charge is 0.290 e. The second kappa shape index (κ2) is 3.70. The summed E-state index contributed by atoms with van der Waals surface area (Å²) >= 11 is 17.0. The Morgan fingerprint density at radius 1 is 1.31 bits per heavy atom. The Bertz CT molecular complexity index is 378. The number of hydrogen-bond acceptors (Lipinski definition) is 2. The molecule has 70 valence electrons. The Kier molecular flexibility index (Phi) is 3.01. The molecule has 1 aromatic carbocycles. The van der Waals surface area contributed by atoms with Crippen LogP contribution in [0, 0.1) is 17.0 Å². The Hall–Kier alpha value is -0.510. The van der Waals surface area contributed by atoms with Gasteiger partial charge in [-0.25, -0.2) is 0 Å². The summed E-state index contributed by atoms with van der Waals surface area (Å²) < 4.78 is 0. The lowest BCUT2D eigenvalue weighted by Crippen LogP contribution is -1.91. The van der Waals surface area contributed by atoms with E-state index in [0.717, 1.165) is 0 Å². The zero-order valence-corrected chi connectivity index (χ0v) is 8.74. The summed E-state index contributed by atoms with van der Waals surface area (Å²) in [6, 6.07) is 1.19. The number of halogens is 3. The molecule has 0 unspecified atom stereocenters. The molecule has 0 fully saturated rings.